The van der Waals surface area contributed by atoms with Crippen molar-refractivity contribution in [3.63, 3.8) is 0 Å². The van der Waals surface area contributed by atoms with E-state index in [0.29, 0.717) is 29.8 Å². The highest BCUT2D eigenvalue weighted by Gasteiger charge is 2.15. The van der Waals surface area contributed by atoms with Crippen LogP contribution in [-0.2, 0) is 11.2 Å². The second kappa shape index (κ2) is 9.78. The van der Waals surface area contributed by atoms with Gasteiger partial charge in [-0.15, -0.1) is 0 Å². The summed E-state index contributed by atoms with van der Waals surface area (Å²) in [5, 5.41) is 2.78. The SMILES string of the molecule is C[C@H](Oc1ccc(C(=O)c2ccc(F)cc2)cc1)C(=O)NCCc1ccc(F)cc1. The molecule has 0 radical (unpaired) electrons. The number of halogens is 2. The van der Waals surface area contributed by atoms with Crippen LogP contribution < -0.4 is 10.1 Å². The molecular weight excluding hydrogens is 388 g/mol. The summed E-state index contributed by atoms with van der Waals surface area (Å²) >= 11 is 0. The van der Waals surface area contributed by atoms with E-state index in [2.05, 4.69) is 5.32 Å². The van der Waals surface area contributed by atoms with Gasteiger partial charge in [-0.25, -0.2) is 8.78 Å². The van der Waals surface area contributed by atoms with Crippen LogP contribution in [0.4, 0.5) is 8.78 Å². The minimum atomic E-state index is -0.725. The summed E-state index contributed by atoms with van der Waals surface area (Å²) in [6.07, 6.45) is -0.143. The van der Waals surface area contributed by atoms with Crippen molar-refractivity contribution in [1.29, 1.82) is 0 Å². The third-order valence-corrected chi connectivity index (χ3v) is 4.53. The first-order valence-corrected chi connectivity index (χ1v) is 9.51. The van der Waals surface area contributed by atoms with Crippen LogP contribution in [0, 0.1) is 11.6 Å². The smallest absolute Gasteiger partial charge is 0.260 e. The van der Waals surface area contributed by atoms with E-state index in [9.17, 15) is 18.4 Å². The summed E-state index contributed by atoms with van der Waals surface area (Å²) in [5.74, 6) is -0.751. The molecule has 0 aliphatic carbocycles. The van der Waals surface area contributed by atoms with Crippen LogP contribution in [0.15, 0.2) is 72.8 Å². The van der Waals surface area contributed by atoms with Crippen molar-refractivity contribution in [3.05, 3.63) is 101 Å². The van der Waals surface area contributed by atoms with Crippen molar-refractivity contribution < 1.29 is 23.1 Å². The molecule has 0 saturated carbocycles. The molecule has 0 saturated heterocycles. The van der Waals surface area contributed by atoms with Crippen molar-refractivity contribution in [2.24, 2.45) is 0 Å². The lowest BCUT2D eigenvalue weighted by Gasteiger charge is -2.15. The predicted molar refractivity (Wildman–Crippen MR) is 109 cm³/mol. The molecule has 1 amide bonds. The molecular formula is C24H21F2NO3. The first-order valence-electron chi connectivity index (χ1n) is 9.51. The second-order valence-corrected chi connectivity index (χ2v) is 6.79. The fourth-order valence-electron chi connectivity index (χ4n) is 2.84. The Hall–Kier alpha value is -3.54. The summed E-state index contributed by atoms with van der Waals surface area (Å²) in [4.78, 5) is 24.6. The van der Waals surface area contributed by atoms with Gasteiger partial charge in [0.2, 0.25) is 0 Å². The molecule has 1 atom stereocenters. The molecule has 3 aromatic rings. The fraction of sp³-hybridized carbons (Fsp3) is 0.167. The normalized spacial score (nSPS) is 11.6. The van der Waals surface area contributed by atoms with Gasteiger partial charge in [0.05, 0.1) is 0 Å². The first kappa shape index (κ1) is 21.2. The number of carbonyl (C=O) groups is 2. The fourth-order valence-corrected chi connectivity index (χ4v) is 2.84. The van der Waals surface area contributed by atoms with Gasteiger partial charge in [-0.05, 0) is 79.6 Å². The van der Waals surface area contributed by atoms with Crippen LogP contribution in [0.5, 0.6) is 5.75 Å². The maximum Gasteiger partial charge on any atom is 0.260 e. The Labute approximate surface area is 173 Å². The zero-order valence-electron chi connectivity index (χ0n) is 16.4. The summed E-state index contributed by atoms with van der Waals surface area (Å²) < 4.78 is 31.5. The van der Waals surface area contributed by atoms with Gasteiger partial charge in [-0.1, -0.05) is 12.1 Å². The number of ether oxygens (including phenoxy) is 1. The molecule has 4 nitrogen and oxygen atoms in total. The Morgan fingerprint density at radius 3 is 1.90 bits per heavy atom. The van der Waals surface area contributed by atoms with Gasteiger partial charge >= 0.3 is 0 Å². The molecule has 1 N–H and O–H groups in total. The largest absolute Gasteiger partial charge is 0.481 e. The number of rotatable bonds is 8. The molecule has 0 fully saturated rings. The van der Waals surface area contributed by atoms with Crippen LogP contribution in [0.1, 0.15) is 28.4 Å². The van der Waals surface area contributed by atoms with E-state index in [4.69, 9.17) is 4.74 Å². The molecule has 0 aliphatic rings. The molecule has 30 heavy (non-hydrogen) atoms. The van der Waals surface area contributed by atoms with Gasteiger partial charge in [0, 0.05) is 17.7 Å². The molecule has 0 heterocycles. The standard InChI is InChI=1S/C24H21F2NO3/c1-16(24(29)27-15-14-17-2-8-20(25)9-3-17)30-22-12-6-19(7-13-22)23(28)18-4-10-21(26)11-5-18/h2-13,16H,14-15H2,1H3,(H,27,29)/t16-/m0/s1. The number of hydrogen-bond acceptors (Lipinski definition) is 3. The van der Waals surface area contributed by atoms with Gasteiger partial charge < -0.3 is 10.1 Å². The molecule has 3 aromatic carbocycles. The van der Waals surface area contributed by atoms with E-state index in [0.717, 1.165) is 5.56 Å². The topological polar surface area (TPSA) is 55.4 Å². The number of benzene rings is 3. The maximum atomic E-state index is 13.0. The average Bonchev–Trinajstić information content (AvgIpc) is 2.75. The van der Waals surface area contributed by atoms with Crippen LogP contribution in [0.25, 0.3) is 0 Å². The van der Waals surface area contributed by atoms with Gasteiger partial charge in [0.1, 0.15) is 17.4 Å². The Balaban J connectivity index is 1.50. The van der Waals surface area contributed by atoms with Gasteiger partial charge in [0.15, 0.2) is 11.9 Å². The zero-order valence-corrected chi connectivity index (χ0v) is 16.4. The summed E-state index contributed by atoms with van der Waals surface area (Å²) in [6.45, 7) is 2.04. The number of amides is 1. The van der Waals surface area contributed by atoms with Crippen LogP contribution in [0.2, 0.25) is 0 Å². The lowest BCUT2D eigenvalue weighted by molar-refractivity contribution is -0.127. The van der Waals surface area contributed by atoms with E-state index in [1.807, 2.05) is 0 Å². The number of carbonyl (C=O) groups excluding carboxylic acids is 2. The van der Waals surface area contributed by atoms with Crippen LogP contribution >= 0.6 is 0 Å². The third-order valence-electron chi connectivity index (χ3n) is 4.53. The predicted octanol–water partition coefficient (Wildman–Crippen LogP) is 4.32. The van der Waals surface area contributed by atoms with E-state index in [1.165, 1.54) is 36.4 Å². The van der Waals surface area contributed by atoms with E-state index in [1.54, 1.807) is 43.3 Å². The highest BCUT2D eigenvalue weighted by molar-refractivity contribution is 6.09. The van der Waals surface area contributed by atoms with Gasteiger partial charge in [-0.2, -0.15) is 0 Å². The van der Waals surface area contributed by atoms with Crippen molar-refractivity contribution in [3.8, 4) is 5.75 Å². The number of nitrogens with one attached hydrogen (secondary N) is 1. The first-order chi connectivity index (χ1) is 14.4. The summed E-state index contributed by atoms with van der Waals surface area (Å²) in [6, 6.07) is 17.9. The molecule has 0 bridgehead atoms. The summed E-state index contributed by atoms with van der Waals surface area (Å²) in [7, 11) is 0. The number of hydrogen-bond donors (Lipinski definition) is 1. The van der Waals surface area contributed by atoms with Crippen LogP contribution in [-0.4, -0.2) is 24.3 Å². The van der Waals surface area contributed by atoms with E-state index in [-0.39, 0.29) is 17.5 Å². The Bertz CT molecular complexity index is 1000. The van der Waals surface area contributed by atoms with E-state index < -0.39 is 11.9 Å². The zero-order chi connectivity index (χ0) is 21.5. The minimum Gasteiger partial charge on any atom is -0.481 e. The molecule has 3 rings (SSSR count). The monoisotopic (exact) mass is 409 g/mol. The van der Waals surface area contributed by atoms with Crippen molar-refractivity contribution >= 4 is 11.7 Å². The van der Waals surface area contributed by atoms with Crippen molar-refractivity contribution in [2.75, 3.05) is 6.54 Å². The Morgan fingerprint density at radius 2 is 1.33 bits per heavy atom. The third kappa shape index (κ3) is 5.73. The summed E-state index contributed by atoms with van der Waals surface area (Å²) in [5.41, 5.74) is 1.75. The lowest BCUT2D eigenvalue weighted by atomic mass is 10.0. The quantitative estimate of drug-likeness (QED) is 0.564. The highest BCUT2D eigenvalue weighted by atomic mass is 19.1. The molecule has 0 spiro atoms. The van der Waals surface area contributed by atoms with Crippen molar-refractivity contribution in [1.82, 2.24) is 5.32 Å². The highest BCUT2D eigenvalue weighted by Crippen LogP contribution is 2.17. The molecule has 0 aromatic heterocycles. The molecule has 154 valence electrons. The average molecular weight is 409 g/mol. The second-order valence-electron chi connectivity index (χ2n) is 6.79. The minimum absolute atomic E-state index is 0.229. The lowest BCUT2D eigenvalue weighted by Crippen LogP contribution is -2.37. The van der Waals surface area contributed by atoms with E-state index >= 15 is 0 Å². The van der Waals surface area contributed by atoms with Gasteiger partial charge in [0.25, 0.3) is 5.91 Å². The Morgan fingerprint density at radius 1 is 0.833 bits per heavy atom. The molecule has 0 aliphatic heterocycles. The van der Waals surface area contributed by atoms with Crippen molar-refractivity contribution in [2.45, 2.75) is 19.4 Å². The molecule has 0 unspecified atom stereocenters. The Kier molecular flexibility index (Phi) is 6.91. The van der Waals surface area contributed by atoms with Crippen LogP contribution in [0.3, 0.4) is 0 Å². The maximum absolute atomic E-state index is 13.0. The number of ketones is 1. The van der Waals surface area contributed by atoms with Gasteiger partial charge in [-0.3, -0.25) is 9.59 Å². The molecule has 6 heteroatoms.